The van der Waals surface area contributed by atoms with Crippen molar-refractivity contribution in [3.8, 4) is 0 Å². The topological polar surface area (TPSA) is 3.24 Å². The molecule has 1 fully saturated rings. The average Bonchev–Trinajstić information content (AvgIpc) is 2.55. The first-order chi connectivity index (χ1) is 5.66. The molecule has 0 bridgehead atoms. The van der Waals surface area contributed by atoms with Gasteiger partial charge in [0.05, 0.1) is 0 Å². The van der Waals surface area contributed by atoms with Crippen LogP contribution in [0.4, 0.5) is 0 Å². The number of rotatable bonds is 2. The maximum absolute atomic E-state index is 4.20. The maximum Gasteiger partial charge on any atom is 0.0311 e. The van der Waals surface area contributed by atoms with Crippen LogP contribution in [0.15, 0.2) is 12.3 Å². The molecule has 1 saturated carbocycles. The average molecular weight is 181 g/mol. The summed E-state index contributed by atoms with van der Waals surface area (Å²) >= 11 is 0. The third kappa shape index (κ3) is 2.07. The molecule has 0 aromatic rings. The van der Waals surface area contributed by atoms with Gasteiger partial charge in [-0.3, -0.25) is 0 Å². The zero-order valence-electron chi connectivity index (χ0n) is 9.94. The van der Waals surface area contributed by atoms with Crippen LogP contribution in [-0.2, 0) is 0 Å². The smallest absolute Gasteiger partial charge is 0.0311 e. The summed E-state index contributed by atoms with van der Waals surface area (Å²) in [6.07, 6.45) is 1.30. The molecule has 0 spiro atoms. The van der Waals surface area contributed by atoms with Gasteiger partial charge in [-0.2, -0.15) is 0 Å². The zero-order valence-corrected chi connectivity index (χ0v) is 9.94. The predicted molar refractivity (Wildman–Crippen MR) is 58.5 cm³/mol. The molecule has 13 heavy (non-hydrogen) atoms. The Morgan fingerprint density at radius 2 is 1.77 bits per heavy atom. The molecular formula is C12H23N. The zero-order chi connectivity index (χ0) is 10.4. The van der Waals surface area contributed by atoms with Crippen LogP contribution >= 0.6 is 0 Å². The van der Waals surface area contributed by atoms with Gasteiger partial charge in [0.15, 0.2) is 0 Å². The van der Waals surface area contributed by atoms with Gasteiger partial charge in [-0.15, -0.1) is 0 Å². The van der Waals surface area contributed by atoms with Crippen LogP contribution in [0.2, 0.25) is 0 Å². The lowest BCUT2D eigenvalue weighted by molar-refractivity contribution is 0.213. The molecule has 1 aliphatic carbocycles. The monoisotopic (exact) mass is 181 g/mol. The molecule has 0 aliphatic heterocycles. The first-order valence-corrected chi connectivity index (χ1v) is 5.09. The van der Waals surface area contributed by atoms with Crippen molar-refractivity contribution in [2.45, 2.75) is 46.6 Å². The fraction of sp³-hybridized carbons (Fsp3) is 0.833. The Hall–Kier alpha value is -0.460. The molecule has 0 aromatic heterocycles. The Bertz CT molecular complexity index is 220. The molecule has 0 amide bonds. The summed E-state index contributed by atoms with van der Waals surface area (Å²) < 4.78 is 0. The molecule has 0 N–H and O–H groups in total. The van der Waals surface area contributed by atoms with E-state index < -0.39 is 0 Å². The van der Waals surface area contributed by atoms with Crippen LogP contribution < -0.4 is 0 Å². The van der Waals surface area contributed by atoms with Gasteiger partial charge in [0.2, 0.25) is 0 Å². The van der Waals surface area contributed by atoms with E-state index in [4.69, 9.17) is 0 Å². The summed E-state index contributed by atoms with van der Waals surface area (Å²) in [5, 5.41) is 0. The van der Waals surface area contributed by atoms with Gasteiger partial charge in [-0.25, -0.2) is 0 Å². The molecule has 1 nitrogen and oxygen atoms in total. The van der Waals surface area contributed by atoms with Crippen LogP contribution in [0.3, 0.4) is 0 Å². The van der Waals surface area contributed by atoms with Crippen molar-refractivity contribution in [2.75, 3.05) is 7.05 Å². The summed E-state index contributed by atoms with van der Waals surface area (Å²) in [6, 6.07) is 0. The normalized spacial score (nSPS) is 25.5. The second-order valence-corrected chi connectivity index (χ2v) is 5.97. The third-order valence-corrected chi connectivity index (χ3v) is 3.35. The van der Waals surface area contributed by atoms with E-state index >= 15 is 0 Å². The third-order valence-electron chi connectivity index (χ3n) is 3.35. The molecule has 1 atom stereocenters. The molecule has 1 rings (SSSR count). The molecule has 0 aromatic carbocycles. The van der Waals surface area contributed by atoms with E-state index in [1.54, 1.807) is 0 Å². The minimum Gasteiger partial charge on any atom is -0.373 e. The number of hydrogen-bond acceptors (Lipinski definition) is 1. The highest BCUT2D eigenvalue weighted by atomic mass is 15.2. The second-order valence-electron chi connectivity index (χ2n) is 5.97. The van der Waals surface area contributed by atoms with Crippen LogP contribution in [-0.4, -0.2) is 17.5 Å². The van der Waals surface area contributed by atoms with Crippen molar-refractivity contribution in [3.63, 3.8) is 0 Å². The molecule has 0 heterocycles. The summed E-state index contributed by atoms with van der Waals surface area (Å²) in [6.45, 7) is 15.5. The van der Waals surface area contributed by atoms with E-state index in [0.717, 1.165) is 0 Å². The Balaban J connectivity index is 2.61. The fourth-order valence-corrected chi connectivity index (χ4v) is 1.70. The lowest BCUT2D eigenvalue weighted by atomic mass is 10.0. The predicted octanol–water partition coefficient (Wildman–Crippen LogP) is 3.28. The Morgan fingerprint density at radius 1 is 1.38 bits per heavy atom. The molecule has 1 aliphatic rings. The van der Waals surface area contributed by atoms with E-state index in [-0.39, 0.29) is 5.54 Å². The first-order valence-electron chi connectivity index (χ1n) is 5.09. The Labute approximate surface area is 82.8 Å². The van der Waals surface area contributed by atoms with Crippen LogP contribution in [0.1, 0.15) is 41.0 Å². The van der Waals surface area contributed by atoms with E-state index in [9.17, 15) is 0 Å². The van der Waals surface area contributed by atoms with Gasteiger partial charge in [0.1, 0.15) is 0 Å². The number of hydrogen-bond donors (Lipinski definition) is 0. The van der Waals surface area contributed by atoms with Gasteiger partial charge < -0.3 is 4.90 Å². The number of nitrogens with zero attached hydrogens (tertiary/aromatic N) is 1. The lowest BCUT2D eigenvalue weighted by Gasteiger charge is -2.36. The van der Waals surface area contributed by atoms with E-state index in [0.29, 0.717) is 11.3 Å². The van der Waals surface area contributed by atoms with E-state index in [1.807, 2.05) is 0 Å². The summed E-state index contributed by atoms with van der Waals surface area (Å²) in [7, 11) is 2.15. The van der Waals surface area contributed by atoms with Crippen molar-refractivity contribution in [3.05, 3.63) is 12.3 Å². The quantitative estimate of drug-likeness (QED) is 0.632. The molecule has 0 radical (unpaired) electrons. The highest BCUT2D eigenvalue weighted by molar-refractivity contribution is 5.16. The van der Waals surface area contributed by atoms with Crippen LogP contribution in [0.5, 0.6) is 0 Å². The summed E-state index contributed by atoms with van der Waals surface area (Å²) in [5.41, 5.74) is 2.00. The largest absolute Gasteiger partial charge is 0.373 e. The standard InChI is InChI=1S/C12H23N/c1-9(10-8-12(10,5)6)13(7)11(2,3)4/h10H,1,8H2,2-7H3. The van der Waals surface area contributed by atoms with Crippen molar-refractivity contribution in [2.24, 2.45) is 11.3 Å². The molecule has 76 valence electrons. The van der Waals surface area contributed by atoms with Gasteiger partial charge in [0.25, 0.3) is 0 Å². The van der Waals surface area contributed by atoms with E-state index in [2.05, 4.69) is 53.1 Å². The molecule has 1 heteroatoms. The lowest BCUT2D eigenvalue weighted by Crippen LogP contribution is -2.37. The van der Waals surface area contributed by atoms with Gasteiger partial charge in [0, 0.05) is 24.2 Å². The maximum atomic E-state index is 4.20. The van der Waals surface area contributed by atoms with Crippen molar-refractivity contribution >= 4 is 0 Å². The highest BCUT2D eigenvalue weighted by Gasteiger charge is 2.48. The van der Waals surface area contributed by atoms with Gasteiger partial charge in [-0.1, -0.05) is 20.4 Å². The molecular weight excluding hydrogens is 158 g/mol. The van der Waals surface area contributed by atoms with Crippen molar-refractivity contribution in [1.29, 1.82) is 0 Å². The Kier molecular flexibility index (Phi) is 2.26. The first kappa shape index (κ1) is 10.6. The van der Waals surface area contributed by atoms with Crippen molar-refractivity contribution in [1.82, 2.24) is 4.90 Å². The summed E-state index contributed by atoms with van der Waals surface area (Å²) in [5.74, 6) is 0.705. The minimum absolute atomic E-state index is 0.204. The highest BCUT2D eigenvalue weighted by Crippen LogP contribution is 2.56. The van der Waals surface area contributed by atoms with Gasteiger partial charge >= 0.3 is 0 Å². The van der Waals surface area contributed by atoms with Crippen LogP contribution in [0.25, 0.3) is 0 Å². The fourth-order valence-electron chi connectivity index (χ4n) is 1.70. The molecule has 0 saturated heterocycles. The molecule has 1 unspecified atom stereocenters. The summed E-state index contributed by atoms with van der Waals surface area (Å²) in [4.78, 5) is 2.31. The number of allylic oxidation sites excluding steroid dienone is 1. The Morgan fingerprint density at radius 3 is 2.00 bits per heavy atom. The van der Waals surface area contributed by atoms with Gasteiger partial charge in [-0.05, 0) is 32.6 Å². The van der Waals surface area contributed by atoms with Crippen molar-refractivity contribution < 1.29 is 0 Å². The van der Waals surface area contributed by atoms with E-state index in [1.165, 1.54) is 12.1 Å². The SMILES string of the molecule is C=C(C1CC1(C)C)N(C)C(C)(C)C. The second kappa shape index (κ2) is 2.76. The van der Waals surface area contributed by atoms with Crippen LogP contribution in [0, 0.1) is 11.3 Å². The minimum atomic E-state index is 0.204.